The normalized spacial score (nSPS) is 11.5. The van der Waals surface area contributed by atoms with Crippen molar-refractivity contribution >= 4 is 44.8 Å². The van der Waals surface area contributed by atoms with E-state index in [2.05, 4.69) is 5.32 Å². The molecule has 0 aliphatic heterocycles. The van der Waals surface area contributed by atoms with Crippen LogP contribution in [0.3, 0.4) is 0 Å². The number of nitrogens with zero attached hydrogens (tertiary/aromatic N) is 1. The van der Waals surface area contributed by atoms with Crippen LogP contribution in [0.2, 0.25) is 10.0 Å². The molecule has 0 atom stereocenters. The zero-order chi connectivity index (χ0) is 17.2. The molecule has 0 aliphatic carbocycles. The van der Waals surface area contributed by atoms with Crippen LogP contribution in [-0.2, 0) is 10.0 Å². The molecule has 0 radical (unpaired) electrons. The van der Waals surface area contributed by atoms with Crippen LogP contribution in [0, 0.1) is 0 Å². The largest absolute Gasteiger partial charge is 0.322 e. The Morgan fingerprint density at radius 2 is 1.78 bits per heavy atom. The van der Waals surface area contributed by atoms with E-state index < -0.39 is 15.9 Å². The smallest absolute Gasteiger partial charge is 0.255 e. The van der Waals surface area contributed by atoms with Crippen molar-refractivity contribution in [1.82, 2.24) is 4.31 Å². The van der Waals surface area contributed by atoms with Gasteiger partial charge in [-0.25, -0.2) is 12.7 Å². The molecule has 0 aromatic heterocycles. The molecule has 0 aliphatic rings. The molecule has 5 nitrogen and oxygen atoms in total. The minimum Gasteiger partial charge on any atom is -0.322 e. The fourth-order valence-electron chi connectivity index (χ4n) is 1.81. The minimum absolute atomic E-state index is 0.0537. The molecular weight excluding hydrogens is 359 g/mol. The van der Waals surface area contributed by atoms with E-state index in [9.17, 15) is 13.2 Å². The van der Waals surface area contributed by atoms with Gasteiger partial charge in [0.25, 0.3) is 5.91 Å². The number of anilines is 1. The van der Waals surface area contributed by atoms with Crippen LogP contribution >= 0.6 is 23.2 Å². The highest BCUT2D eigenvalue weighted by Gasteiger charge is 2.22. The van der Waals surface area contributed by atoms with Crippen molar-refractivity contribution in [3.8, 4) is 0 Å². The SMILES string of the molecule is CN(C)S(=O)(=O)c1cc(C(=O)Nc2cccc(Cl)c2)ccc1Cl. The van der Waals surface area contributed by atoms with Crippen molar-refractivity contribution in [3.63, 3.8) is 0 Å². The number of amides is 1. The first-order valence-electron chi connectivity index (χ1n) is 6.51. The highest BCUT2D eigenvalue weighted by atomic mass is 35.5. The molecule has 2 rings (SSSR count). The Morgan fingerprint density at radius 1 is 1.09 bits per heavy atom. The molecule has 8 heteroatoms. The summed E-state index contributed by atoms with van der Waals surface area (Å²) in [5.41, 5.74) is 0.685. The Morgan fingerprint density at radius 3 is 2.39 bits per heavy atom. The molecule has 2 aromatic carbocycles. The molecule has 0 spiro atoms. The number of benzene rings is 2. The zero-order valence-corrected chi connectivity index (χ0v) is 14.7. The summed E-state index contributed by atoms with van der Waals surface area (Å²) in [5, 5.41) is 3.19. The highest BCUT2D eigenvalue weighted by molar-refractivity contribution is 7.89. The van der Waals surface area contributed by atoms with Gasteiger partial charge in [0, 0.05) is 30.4 Å². The van der Waals surface area contributed by atoms with E-state index in [1.165, 1.54) is 32.3 Å². The van der Waals surface area contributed by atoms with Gasteiger partial charge in [0.15, 0.2) is 0 Å². The summed E-state index contributed by atoms with van der Waals surface area (Å²) in [7, 11) is -0.956. The summed E-state index contributed by atoms with van der Waals surface area (Å²) in [4.78, 5) is 12.2. The van der Waals surface area contributed by atoms with Gasteiger partial charge in [-0.15, -0.1) is 0 Å². The number of sulfonamides is 1. The fraction of sp³-hybridized carbons (Fsp3) is 0.133. The van der Waals surface area contributed by atoms with E-state index in [0.717, 1.165) is 4.31 Å². The number of carbonyl (C=O) groups excluding carboxylic acids is 1. The standard InChI is InChI=1S/C15H14Cl2N2O3S/c1-19(2)23(21,22)14-8-10(6-7-13(14)17)15(20)18-12-5-3-4-11(16)9-12/h3-9H,1-2H3,(H,18,20). The predicted octanol–water partition coefficient (Wildman–Crippen LogP) is 3.50. The first-order valence-corrected chi connectivity index (χ1v) is 8.70. The summed E-state index contributed by atoms with van der Waals surface area (Å²) in [5.74, 6) is -0.459. The van der Waals surface area contributed by atoms with Crippen molar-refractivity contribution < 1.29 is 13.2 Å². The maximum Gasteiger partial charge on any atom is 0.255 e. The van der Waals surface area contributed by atoms with Gasteiger partial charge in [0.2, 0.25) is 10.0 Å². The Balaban J connectivity index is 2.36. The van der Waals surface area contributed by atoms with E-state index in [1.54, 1.807) is 24.3 Å². The molecule has 23 heavy (non-hydrogen) atoms. The summed E-state index contributed by atoms with van der Waals surface area (Å²) in [6.45, 7) is 0. The monoisotopic (exact) mass is 372 g/mol. The number of hydrogen-bond acceptors (Lipinski definition) is 3. The van der Waals surface area contributed by atoms with Gasteiger partial charge in [0.1, 0.15) is 4.90 Å². The summed E-state index contributed by atoms with van der Waals surface area (Å²) in [6, 6.07) is 10.7. The van der Waals surface area contributed by atoms with Crippen molar-refractivity contribution in [2.75, 3.05) is 19.4 Å². The maximum atomic E-state index is 12.3. The second-order valence-corrected chi connectivity index (χ2v) is 7.86. The van der Waals surface area contributed by atoms with Gasteiger partial charge >= 0.3 is 0 Å². The quantitative estimate of drug-likeness (QED) is 0.892. The molecule has 0 unspecified atom stereocenters. The lowest BCUT2D eigenvalue weighted by molar-refractivity contribution is 0.102. The molecular formula is C15H14Cl2N2O3S. The Labute approximate surface area is 144 Å². The molecule has 2 aromatic rings. The summed E-state index contributed by atoms with van der Waals surface area (Å²) >= 11 is 11.8. The van der Waals surface area contributed by atoms with E-state index in [1.807, 2.05) is 0 Å². The van der Waals surface area contributed by atoms with E-state index in [-0.39, 0.29) is 15.5 Å². The lowest BCUT2D eigenvalue weighted by atomic mass is 10.2. The van der Waals surface area contributed by atoms with Crippen molar-refractivity contribution in [1.29, 1.82) is 0 Å². The number of hydrogen-bond donors (Lipinski definition) is 1. The van der Waals surface area contributed by atoms with Crippen LogP contribution in [0.1, 0.15) is 10.4 Å². The zero-order valence-electron chi connectivity index (χ0n) is 12.4. The van der Waals surface area contributed by atoms with Crippen LogP contribution in [0.5, 0.6) is 0 Å². The topological polar surface area (TPSA) is 66.5 Å². The molecule has 0 heterocycles. The molecule has 0 saturated heterocycles. The van der Waals surface area contributed by atoms with E-state index in [0.29, 0.717) is 10.7 Å². The third-order valence-electron chi connectivity index (χ3n) is 3.03. The molecule has 0 saturated carbocycles. The predicted molar refractivity (Wildman–Crippen MR) is 91.7 cm³/mol. The van der Waals surface area contributed by atoms with Crippen LogP contribution in [0.4, 0.5) is 5.69 Å². The number of rotatable bonds is 4. The average Bonchev–Trinajstić information content (AvgIpc) is 2.47. The van der Waals surface area contributed by atoms with Gasteiger partial charge in [-0.05, 0) is 36.4 Å². The van der Waals surface area contributed by atoms with Crippen LogP contribution in [-0.4, -0.2) is 32.7 Å². The second kappa shape index (κ2) is 6.88. The van der Waals surface area contributed by atoms with Crippen LogP contribution in [0.25, 0.3) is 0 Å². The van der Waals surface area contributed by atoms with Crippen molar-refractivity contribution in [3.05, 3.63) is 58.1 Å². The Bertz CT molecular complexity index is 852. The minimum atomic E-state index is -3.74. The Kier molecular flexibility index (Phi) is 5.31. The van der Waals surface area contributed by atoms with Crippen LogP contribution in [0.15, 0.2) is 47.4 Å². The third kappa shape index (κ3) is 4.03. The fourth-order valence-corrected chi connectivity index (χ4v) is 3.39. The Hall–Kier alpha value is -1.60. The molecule has 122 valence electrons. The lowest BCUT2D eigenvalue weighted by Gasteiger charge is -2.14. The summed E-state index contributed by atoms with van der Waals surface area (Å²) in [6.07, 6.45) is 0. The summed E-state index contributed by atoms with van der Waals surface area (Å²) < 4.78 is 25.5. The van der Waals surface area contributed by atoms with Crippen molar-refractivity contribution in [2.24, 2.45) is 0 Å². The molecule has 1 amide bonds. The number of carbonyl (C=O) groups is 1. The lowest BCUT2D eigenvalue weighted by Crippen LogP contribution is -2.23. The van der Waals surface area contributed by atoms with E-state index >= 15 is 0 Å². The maximum absolute atomic E-state index is 12.3. The van der Waals surface area contributed by atoms with E-state index in [4.69, 9.17) is 23.2 Å². The number of nitrogens with one attached hydrogen (secondary N) is 1. The first-order chi connectivity index (χ1) is 10.7. The second-order valence-electron chi connectivity index (χ2n) is 4.90. The highest BCUT2D eigenvalue weighted by Crippen LogP contribution is 2.25. The van der Waals surface area contributed by atoms with Gasteiger partial charge in [0.05, 0.1) is 5.02 Å². The van der Waals surface area contributed by atoms with Crippen molar-refractivity contribution in [2.45, 2.75) is 4.90 Å². The number of halogens is 2. The van der Waals surface area contributed by atoms with Gasteiger partial charge in [-0.3, -0.25) is 4.79 Å². The van der Waals surface area contributed by atoms with Gasteiger partial charge in [-0.1, -0.05) is 29.3 Å². The first kappa shape index (κ1) is 17.7. The van der Waals surface area contributed by atoms with Gasteiger partial charge in [-0.2, -0.15) is 0 Å². The third-order valence-corrected chi connectivity index (χ3v) is 5.57. The average molecular weight is 373 g/mol. The molecule has 1 N–H and O–H groups in total. The van der Waals surface area contributed by atoms with Gasteiger partial charge < -0.3 is 5.32 Å². The molecule has 0 fully saturated rings. The van der Waals surface area contributed by atoms with Crippen LogP contribution < -0.4 is 5.32 Å². The molecule has 0 bridgehead atoms.